The highest BCUT2D eigenvalue weighted by Crippen LogP contribution is 2.23. The average Bonchev–Trinajstić information content (AvgIpc) is 3.11. The maximum Gasteiger partial charge on any atom is 0.407 e. The summed E-state index contributed by atoms with van der Waals surface area (Å²) in [5.41, 5.74) is -0.547. The summed E-state index contributed by atoms with van der Waals surface area (Å²) in [5, 5.41) is 6.53. The molecule has 1 N–H and O–H groups in total. The molecule has 1 atom stereocenters. The minimum atomic E-state index is -1.54. The fraction of sp³-hybridized carbons (Fsp3) is 0.550. The smallest absolute Gasteiger partial charge is 0.407 e. The van der Waals surface area contributed by atoms with E-state index in [1.54, 1.807) is 0 Å². The first-order valence-electron chi connectivity index (χ1n) is 9.77. The Hall–Kier alpha value is -2.62. The first-order chi connectivity index (χ1) is 14.1. The van der Waals surface area contributed by atoms with E-state index in [4.69, 9.17) is 9.26 Å². The van der Waals surface area contributed by atoms with Gasteiger partial charge < -0.3 is 14.6 Å². The van der Waals surface area contributed by atoms with Crippen LogP contribution in [0.2, 0.25) is 0 Å². The largest absolute Gasteiger partial charge is 0.444 e. The van der Waals surface area contributed by atoms with Crippen LogP contribution in [0, 0.1) is 23.4 Å². The van der Waals surface area contributed by atoms with E-state index in [1.807, 2.05) is 20.8 Å². The molecule has 164 valence electrons. The molecule has 1 unspecified atom stereocenters. The van der Waals surface area contributed by atoms with Gasteiger partial charge in [-0.3, -0.25) is 4.90 Å². The van der Waals surface area contributed by atoms with Gasteiger partial charge in [0.15, 0.2) is 17.5 Å². The van der Waals surface area contributed by atoms with Gasteiger partial charge in [-0.25, -0.2) is 18.0 Å². The molecule has 1 aromatic heterocycles. The van der Waals surface area contributed by atoms with Crippen molar-refractivity contribution in [3.05, 3.63) is 35.5 Å². The highest BCUT2D eigenvalue weighted by Gasteiger charge is 2.24. The Balaban J connectivity index is 1.55. The van der Waals surface area contributed by atoms with Gasteiger partial charge in [0.1, 0.15) is 5.60 Å². The Morgan fingerprint density at radius 3 is 2.67 bits per heavy atom. The number of alkyl carbamates (subject to hydrolysis) is 1. The van der Waals surface area contributed by atoms with Crippen molar-refractivity contribution in [1.29, 1.82) is 0 Å². The molecule has 1 saturated heterocycles. The molecular formula is C20H25F3N4O3. The lowest BCUT2D eigenvalue weighted by Crippen LogP contribution is -2.41. The SMILES string of the molecule is CC(C)(C)OC(=O)NCC1CCCN(Cc2nc(-c3cc(F)c(F)c(F)c3)no2)C1. The number of halogens is 3. The number of aromatic nitrogens is 2. The Morgan fingerprint density at radius 2 is 2.00 bits per heavy atom. The second-order valence-corrected chi connectivity index (χ2v) is 8.39. The van der Waals surface area contributed by atoms with E-state index < -0.39 is 29.1 Å². The van der Waals surface area contributed by atoms with Crippen LogP contribution in [-0.4, -0.2) is 46.4 Å². The fourth-order valence-corrected chi connectivity index (χ4v) is 3.32. The van der Waals surface area contributed by atoms with E-state index in [-0.39, 0.29) is 23.2 Å². The molecule has 0 bridgehead atoms. The van der Waals surface area contributed by atoms with Crippen LogP contribution in [0.1, 0.15) is 39.5 Å². The predicted octanol–water partition coefficient (Wildman–Crippen LogP) is 3.89. The first-order valence-corrected chi connectivity index (χ1v) is 9.77. The van der Waals surface area contributed by atoms with Gasteiger partial charge in [0.25, 0.3) is 0 Å². The minimum Gasteiger partial charge on any atom is -0.444 e. The van der Waals surface area contributed by atoms with E-state index in [0.29, 0.717) is 19.6 Å². The van der Waals surface area contributed by atoms with E-state index in [9.17, 15) is 18.0 Å². The maximum atomic E-state index is 13.4. The summed E-state index contributed by atoms with van der Waals surface area (Å²) >= 11 is 0. The second kappa shape index (κ2) is 9.03. The van der Waals surface area contributed by atoms with Gasteiger partial charge in [-0.2, -0.15) is 4.98 Å². The highest BCUT2D eigenvalue weighted by atomic mass is 19.2. The zero-order chi connectivity index (χ0) is 21.9. The van der Waals surface area contributed by atoms with E-state index in [2.05, 4.69) is 20.4 Å². The number of benzene rings is 1. The number of likely N-dealkylation sites (tertiary alicyclic amines) is 1. The zero-order valence-corrected chi connectivity index (χ0v) is 17.2. The van der Waals surface area contributed by atoms with Gasteiger partial charge in [0.2, 0.25) is 11.7 Å². The van der Waals surface area contributed by atoms with Crippen molar-refractivity contribution in [2.45, 2.75) is 45.8 Å². The standard InChI is InChI=1S/C20H25F3N4O3/c1-20(2,3)29-19(28)24-9-12-5-4-6-27(10-12)11-16-25-18(26-30-16)13-7-14(21)17(23)15(22)8-13/h7-8,12H,4-6,9-11H2,1-3H3,(H,24,28). The number of hydrogen-bond acceptors (Lipinski definition) is 6. The Labute approximate surface area is 172 Å². The fourth-order valence-electron chi connectivity index (χ4n) is 3.32. The summed E-state index contributed by atoms with van der Waals surface area (Å²) in [4.78, 5) is 18.1. The van der Waals surface area contributed by atoms with Gasteiger partial charge in [0.05, 0.1) is 6.54 Å². The van der Waals surface area contributed by atoms with Crippen LogP contribution in [0.15, 0.2) is 16.7 Å². The van der Waals surface area contributed by atoms with Crippen molar-refractivity contribution >= 4 is 6.09 Å². The van der Waals surface area contributed by atoms with Crippen molar-refractivity contribution in [2.24, 2.45) is 5.92 Å². The van der Waals surface area contributed by atoms with Crippen LogP contribution in [0.25, 0.3) is 11.4 Å². The van der Waals surface area contributed by atoms with Gasteiger partial charge >= 0.3 is 6.09 Å². The van der Waals surface area contributed by atoms with Crippen LogP contribution in [0.4, 0.5) is 18.0 Å². The number of nitrogens with zero attached hydrogens (tertiary/aromatic N) is 3. The quantitative estimate of drug-likeness (QED) is 0.731. The van der Waals surface area contributed by atoms with E-state index in [0.717, 1.165) is 31.5 Å². The Morgan fingerprint density at radius 1 is 1.30 bits per heavy atom. The summed E-state index contributed by atoms with van der Waals surface area (Å²) in [6.07, 6.45) is 1.46. The van der Waals surface area contributed by atoms with Gasteiger partial charge in [-0.05, 0) is 58.2 Å². The molecule has 1 aliphatic rings. The summed E-state index contributed by atoms with van der Waals surface area (Å²) in [6, 6.07) is 1.65. The molecule has 3 rings (SSSR count). The summed E-state index contributed by atoms with van der Waals surface area (Å²) < 4.78 is 50.4. The van der Waals surface area contributed by atoms with Crippen LogP contribution in [0.5, 0.6) is 0 Å². The maximum absolute atomic E-state index is 13.4. The van der Waals surface area contributed by atoms with Gasteiger partial charge in [-0.1, -0.05) is 5.16 Å². The number of hydrogen-bond donors (Lipinski definition) is 1. The minimum absolute atomic E-state index is 0.000480. The number of nitrogens with one attached hydrogen (secondary N) is 1. The molecular weight excluding hydrogens is 401 g/mol. The lowest BCUT2D eigenvalue weighted by atomic mass is 9.98. The van der Waals surface area contributed by atoms with Crippen molar-refractivity contribution < 1.29 is 27.2 Å². The molecule has 2 aromatic rings. The highest BCUT2D eigenvalue weighted by molar-refractivity contribution is 5.67. The molecule has 0 aliphatic carbocycles. The molecule has 30 heavy (non-hydrogen) atoms. The lowest BCUT2D eigenvalue weighted by Gasteiger charge is -2.32. The molecule has 1 amide bonds. The molecule has 7 nitrogen and oxygen atoms in total. The molecule has 0 spiro atoms. The number of amides is 1. The number of piperidine rings is 1. The number of rotatable bonds is 5. The third kappa shape index (κ3) is 5.94. The molecule has 1 aliphatic heterocycles. The summed E-state index contributed by atoms with van der Waals surface area (Å²) in [5.74, 6) is -3.64. The van der Waals surface area contributed by atoms with Gasteiger partial charge in [0, 0.05) is 18.7 Å². The molecule has 1 fully saturated rings. The molecule has 0 radical (unpaired) electrons. The average molecular weight is 426 g/mol. The number of carbonyl (C=O) groups excluding carboxylic acids is 1. The van der Waals surface area contributed by atoms with Crippen molar-refractivity contribution in [3.63, 3.8) is 0 Å². The van der Waals surface area contributed by atoms with Crippen LogP contribution < -0.4 is 5.32 Å². The molecule has 2 heterocycles. The monoisotopic (exact) mass is 426 g/mol. The van der Waals surface area contributed by atoms with Crippen LogP contribution in [-0.2, 0) is 11.3 Å². The summed E-state index contributed by atoms with van der Waals surface area (Å²) in [6.45, 7) is 7.82. The molecule has 0 saturated carbocycles. The zero-order valence-electron chi connectivity index (χ0n) is 17.2. The third-order valence-corrected chi connectivity index (χ3v) is 4.61. The molecule has 10 heteroatoms. The van der Waals surface area contributed by atoms with Crippen molar-refractivity contribution in [1.82, 2.24) is 20.4 Å². The van der Waals surface area contributed by atoms with E-state index >= 15 is 0 Å². The summed E-state index contributed by atoms with van der Waals surface area (Å²) in [7, 11) is 0. The second-order valence-electron chi connectivity index (χ2n) is 8.39. The van der Waals surface area contributed by atoms with Crippen molar-refractivity contribution in [3.8, 4) is 11.4 Å². The van der Waals surface area contributed by atoms with Crippen LogP contribution in [0.3, 0.4) is 0 Å². The molecule has 1 aromatic carbocycles. The first kappa shape index (κ1) is 22.1. The van der Waals surface area contributed by atoms with Gasteiger partial charge in [-0.15, -0.1) is 0 Å². The normalized spacial score (nSPS) is 17.7. The van der Waals surface area contributed by atoms with E-state index in [1.165, 1.54) is 0 Å². The predicted molar refractivity (Wildman–Crippen MR) is 102 cm³/mol. The Kier molecular flexibility index (Phi) is 6.64. The Bertz CT molecular complexity index is 875. The van der Waals surface area contributed by atoms with Crippen molar-refractivity contribution in [2.75, 3.05) is 19.6 Å². The lowest BCUT2D eigenvalue weighted by molar-refractivity contribution is 0.0504. The topological polar surface area (TPSA) is 80.5 Å². The third-order valence-electron chi connectivity index (χ3n) is 4.61. The van der Waals surface area contributed by atoms with Crippen LogP contribution >= 0.6 is 0 Å². The number of ether oxygens (including phenoxy) is 1. The number of carbonyl (C=O) groups is 1.